The van der Waals surface area contributed by atoms with Crippen molar-refractivity contribution in [3.63, 3.8) is 0 Å². The summed E-state index contributed by atoms with van der Waals surface area (Å²) in [6.07, 6.45) is 1.39. The average Bonchev–Trinajstić information content (AvgIpc) is 2.63. The van der Waals surface area contributed by atoms with Gasteiger partial charge >= 0.3 is 0 Å². The van der Waals surface area contributed by atoms with E-state index in [2.05, 4.69) is 21.3 Å². The highest BCUT2D eigenvalue weighted by Crippen LogP contribution is 2.19. The molecule has 7 nitrogen and oxygen atoms in total. The van der Waals surface area contributed by atoms with Gasteiger partial charge in [-0.3, -0.25) is 4.79 Å². The number of nitrogens with zero attached hydrogens (tertiary/aromatic N) is 3. The third-order valence-corrected chi connectivity index (χ3v) is 6.31. The zero-order valence-electron chi connectivity index (χ0n) is 14.9. The molecule has 0 aliphatic carbocycles. The molecule has 9 heteroatoms. The molecule has 0 unspecified atom stereocenters. The van der Waals surface area contributed by atoms with E-state index in [1.54, 1.807) is 6.07 Å². The van der Waals surface area contributed by atoms with Gasteiger partial charge in [-0.1, -0.05) is 23.7 Å². The van der Waals surface area contributed by atoms with E-state index in [1.165, 1.54) is 16.6 Å². The lowest BCUT2D eigenvalue weighted by Crippen LogP contribution is -2.50. The van der Waals surface area contributed by atoms with Crippen molar-refractivity contribution >= 4 is 39.0 Å². The summed E-state index contributed by atoms with van der Waals surface area (Å²) in [4.78, 5) is 18.2. The van der Waals surface area contributed by atoms with Gasteiger partial charge in [-0.2, -0.15) is 4.31 Å². The molecule has 1 aromatic carbocycles. The quantitative estimate of drug-likeness (QED) is 0.819. The molecule has 0 saturated carbocycles. The van der Waals surface area contributed by atoms with Gasteiger partial charge in [0.1, 0.15) is 11.6 Å². The number of hydrogen-bond donors (Lipinski definition) is 1. The van der Waals surface area contributed by atoms with Crippen LogP contribution in [0.3, 0.4) is 0 Å². The van der Waals surface area contributed by atoms with E-state index in [-0.39, 0.29) is 5.82 Å². The van der Waals surface area contributed by atoms with Crippen LogP contribution < -0.4 is 10.2 Å². The molecule has 1 N–H and O–H groups in total. The van der Waals surface area contributed by atoms with E-state index in [0.29, 0.717) is 31.2 Å². The first-order chi connectivity index (χ1) is 12.8. The van der Waals surface area contributed by atoms with Crippen LogP contribution in [0.1, 0.15) is 5.56 Å². The molecule has 144 valence electrons. The Bertz CT molecular complexity index is 910. The fraction of sp³-hybridized carbons (Fsp3) is 0.333. The Kier molecular flexibility index (Phi) is 5.98. The van der Waals surface area contributed by atoms with Gasteiger partial charge in [0, 0.05) is 38.1 Å². The number of nitrogens with one attached hydrogen (secondary N) is 1. The summed E-state index contributed by atoms with van der Waals surface area (Å²) in [5.74, 6) is -0.961. The van der Waals surface area contributed by atoms with Crippen molar-refractivity contribution < 1.29 is 13.2 Å². The fourth-order valence-corrected chi connectivity index (χ4v) is 4.35. The van der Waals surface area contributed by atoms with Gasteiger partial charge in [-0.05, 0) is 36.8 Å². The number of carbonyl (C=O) groups excluding carboxylic acids is 1. The van der Waals surface area contributed by atoms with Gasteiger partial charge in [0.2, 0.25) is 15.9 Å². The lowest BCUT2D eigenvalue weighted by Gasteiger charge is -2.35. The van der Waals surface area contributed by atoms with E-state index in [9.17, 15) is 13.2 Å². The van der Waals surface area contributed by atoms with Crippen molar-refractivity contribution in [3.05, 3.63) is 53.2 Å². The summed E-state index contributed by atoms with van der Waals surface area (Å²) < 4.78 is 26.5. The van der Waals surface area contributed by atoms with Crippen molar-refractivity contribution in [2.45, 2.75) is 6.92 Å². The molecule has 3 rings (SSSR count). The van der Waals surface area contributed by atoms with E-state index in [1.807, 2.05) is 25.1 Å². The number of aromatic nitrogens is 1. The zero-order valence-corrected chi connectivity index (χ0v) is 16.5. The number of carbonyl (C=O) groups is 1. The number of rotatable bonds is 5. The van der Waals surface area contributed by atoms with Crippen LogP contribution in [-0.2, 0) is 14.8 Å². The number of halogens is 1. The van der Waals surface area contributed by atoms with Crippen molar-refractivity contribution in [2.75, 3.05) is 42.1 Å². The number of pyridine rings is 1. The van der Waals surface area contributed by atoms with E-state index >= 15 is 0 Å². The summed E-state index contributed by atoms with van der Waals surface area (Å²) in [6, 6.07) is 11.2. The van der Waals surface area contributed by atoms with E-state index < -0.39 is 21.7 Å². The minimum absolute atomic E-state index is 0.267. The molecular formula is C18H21ClN4O3S. The smallest absolute Gasteiger partial charge is 0.242 e. The van der Waals surface area contributed by atoms with Crippen molar-refractivity contribution in [1.82, 2.24) is 9.29 Å². The topological polar surface area (TPSA) is 82.6 Å². The van der Waals surface area contributed by atoms with Crippen LogP contribution in [0.15, 0.2) is 42.6 Å². The van der Waals surface area contributed by atoms with Crippen molar-refractivity contribution in [3.8, 4) is 0 Å². The molecule has 1 aliphatic rings. The highest BCUT2D eigenvalue weighted by atomic mass is 35.5. The summed E-state index contributed by atoms with van der Waals surface area (Å²) in [5, 5.41) is 2.92. The van der Waals surface area contributed by atoms with Gasteiger partial charge < -0.3 is 10.2 Å². The Labute approximate surface area is 164 Å². The molecule has 0 atom stereocenters. The maximum absolute atomic E-state index is 12.5. The van der Waals surface area contributed by atoms with Crippen LogP contribution in [0.2, 0.25) is 5.02 Å². The Hall–Kier alpha value is -2.16. The van der Waals surface area contributed by atoms with Crippen LogP contribution in [0, 0.1) is 6.92 Å². The predicted octanol–water partition coefficient (Wildman–Crippen LogP) is 2.13. The molecule has 0 radical (unpaired) electrons. The molecular weight excluding hydrogens is 388 g/mol. The highest BCUT2D eigenvalue weighted by molar-refractivity contribution is 7.89. The zero-order chi connectivity index (χ0) is 19.4. The molecule has 2 aromatic rings. The SMILES string of the molecule is Cc1cccc(N2CCN(S(=O)(=O)CC(=O)Nc3ccc(Cl)cn3)CC2)c1. The number of aryl methyl sites for hydroxylation is 1. The summed E-state index contributed by atoms with van der Waals surface area (Å²) in [6.45, 7) is 3.90. The molecule has 27 heavy (non-hydrogen) atoms. The second-order valence-corrected chi connectivity index (χ2v) is 8.80. The van der Waals surface area contributed by atoms with Gasteiger partial charge in [0.25, 0.3) is 0 Å². The predicted molar refractivity (Wildman–Crippen MR) is 107 cm³/mol. The highest BCUT2D eigenvalue weighted by Gasteiger charge is 2.29. The van der Waals surface area contributed by atoms with Crippen LogP contribution in [-0.4, -0.2) is 55.5 Å². The summed E-state index contributed by atoms with van der Waals surface area (Å²) >= 11 is 5.74. The normalized spacial score (nSPS) is 15.6. The summed E-state index contributed by atoms with van der Waals surface area (Å²) in [7, 11) is -3.68. The molecule has 1 saturated heterocycles. The standard InChI is InChI=1S/C18H21ClN4O3S/c1-14-3-2-4-16(11-14)22-7-9-23(10-8-22)27(25,26)13-18(24)21-17-6-5-15(19)12-20-17/h2-6,11-12H,7-10,13H2,1H3,(H,20,21,24). The monoisotopic (exact) mass is 408 g/mol. The molecule has 2 heterocycles. The second-order valence-electron chi connectivity index (χ2n) is 6.39. The average molecular weight is 409 g/mol. The van der Waals surface area contributed by atoms with E-state index in [0.717, 1.165) is 11.3 Å². The largest absolute Gasteiger partial charge is 0.369 e. The first kappa shape index (κ1) is 19.6. The number of amides is 1. The Morgan fingerprint density at radius 3 is 2.56 bits per heavy atom. The van der Waals surface area contributed by atoms with Crippen molar-refractivity contribution in [1.29, 1.82) is 0 Å². The molecule has 1 fully saturated rings. The van der Waals surface area contributed by atoms with Crippen LogP contribution in [0.5, 0.6) is 0 Å². The Morgan fingerprint density at radius 2 is 1.93 bits per heavy atom. The maximum Gasteiger partial charge on any atom is 0.242 e. The third-order valence-electron chi connectivity index (χ3n) is 4.31. The molecule has 0 bridgehead atoms. The molecule has 0 spiro atoms. The van der Waals surface area contributed by atoms with Gasteiger partial charge in [0.05, 0.1) is 5.02 Å². The van der Waals surface area contributed by atoms with E-state index in [4.69, 9.17) is 11.6 Å². The van der Waals surface area contributed by atoms with Crippen LogP contribution >= 0.6 is 11.6 Å². The van der Waals surface area contributed by atoms with Gasteiger partial charge in [-0.15, -0.1) is 0 Å². The first-order valence-electron chi connectivity index (χ1n) is 8.54. The maximum atomic E-state index is 12.5. The minimum Gasteiger partial charge on any atom is -0.369 e. The lowest BCUT2D eigenvalue weighted by atomic mass is 10.2. The molecule has 1 aliphatic heterocycles. The number of hydrogen-bond acceptors (Lipinski definition) is 5. The van der Waals surface area contributed by atoms with Gasteiger partial charge in [0.15, 0.2) is 0 Å². The Morgan fingerprint density at radius 1 is 1.19 bits per heavy atom. The number of benzene rings is 1. The first-order valence-corrected chi connectivity index (χ1v) is 10.5. The minimum atomic E-state index is -3.68. The molecule has 1 amide bonds. The number of anilines is 2. The van der Waals surface area contributed by atoms with Crippen LogP contribution in [0.25, 0.3) is 0 Å². The second kappa shape index (κ2) is 8.24. The number of piperazine rings is 1. The third kappa shape index (κ3) is 5.18. The van der Waals surface area contributed by atoms with Crippen molar-refractivity contribution in [2.24, 2.45) is 0 Å². The van der Waals surface area contributed by atoms with Crippen LogP contribution in [0.4, 0.5) is 11.5 Å². The number of sulfonamides is 1. The Balaban J connectivity index is 1.56. The molecule has 1 aromatic heterocycles. The van der Waals surface area contributed by atoms with Gasteiger partial charge in [-0.25, -0.2) is 13.4 Å². The fourth-order valence-electron chi connectivity index (χ4n) is 2.93. The lowest BCUT2D eigenvalue weighted by molar-refractivity contribution is -0.114. The summed E-state index contributed by atoms with van der Waals surface area (Å²) in [5.41, 5.74) is 2.24.